The van der Waals surface area contributed by atoms with Crippen LogP contribution >= 0.6 is 0 Å². The maximum absolute atomic E-state index is 10.6. The molecule has 1 heterocycles. The highest BCUT2D eigenvalue weighted by atomic mass is 16.5. The predicted molar refractivity (Wildman–Crippen MR) is 78.1 cm³/mol. The second-order valence-corrected chi connectivity index (χ2v) is 4.48. The largest absolute Gasteiger partial charge is 0.496 e. The third kappa shape index (κ3) is 2.95. The topological polar surface area (TPSA) is 65.7 Å². The molecule has 2 aromatic rings. The molecule has 2 rings (SSSR count). The van der Waals surface area contributed by atoms with Crippen LogP contribution in [0.15, 0.2) is 24.5 Å². The van der Waals surface area contributed by atoms with E-state index in [0.717, 1.165) is 6.54 Å². The molecular weight excluding hydrogens is 272 g/mol. The van der Waals surface area contributed by atoms with Crippen molar-refractivity contribution in [3.63, 3.8) is 0 Å². The number of rotatable bonds is 6. The van der Waals surface area contributed by atoms with Crippen LogP contribution in [0.1, 0.15) is 24.2 Å². The van der Waals surface area contributed by atoms with Crippen molar-refractivity contribution in [1.29, 1.82) is 0 Å². The molecule has 0 amide bonds. The molecule has 0 aliphatic heterocycles. The molecule has 6 nitrogen and oxygen atoms in total. The molecule has 0 saturated carbocycles. The molecule has 1 aromatic carbocycles. The van der Waals surface area contributed by atoms with Crippen LogP contribution in [0, 0.1) is 0 Å². The lowest BCUT2D eigenvalue weighted by Gasteiger charge is -2.17. The molecule has 0 bridgehead atoms. The SMILES string of the molecule is CCn1cc(C(O)c2cc(OC)c(OC)cc2OC)cn1. The lowest BCUT2D eigenvalue weighted by molar-refractivity contribution is 0.213. The Hall–Kier alpha value is -2.21. The zero-order chi connectivity index (χ0) is 15.4. The van der Waals surface area contributed by atoms with Crippen molar-refractivity contribution >= 4 is 0 Å². The van der Waals surface area contributed by atoms with Crippen LogP contribution in [0.25, 0.3) is 0 Å². The Kier molecular flexibility index (Phi) is 4.70. The van der Waals surface area contributed by atoms with Gasteiger partial charge in [-0.1, -0.05) is 0 Å². The number of methoxy groups -OCH3 is 3. The smallest absolute Gasteiger partial charge is 0.164 e. The average Bonchev–Trinajstić information content (AvgIpc) is 3.01. The summed E-state index contributed by atoms with van der Waals surface area (Å²) in [5.41, 5.74) is 1.30. The molecule has 1 atom stereocenters. The number of nitrogens with zero attached hydrogens (tertiary/aromatic N) is 2. The summed E-state index contributed by atoms with van der Waals surface area (Å²) < 4.78 is 17.6. The third-order valence-corrected chi connectivity index (χ3v) is 3.32. The van der Waals surface area contributed by atoms with E-state index in [4.69, 9.17) is 14.2 Å². The first kappa shape index (κ1) is 15.2. The zero-order valence-corrected chi connectivity index (χ0v) is 12.7. The number of benzene rings is 1. The maximum Gasteiger partial charge on any atom is 0.164 e. The van der Waals surface area contributed by atoms with Gasteiger partial charge in [-0.2, -0.15) is 5.10 Å². The normalized spacial score (nSPS) is 12.0. The van der Waals surface area contributed by atoms with E-state index in [1.807, 2.05) is 6.92 Å². The van der Waals surface area contributed by atoms with Gasteiger partial charge in [-0.25, -0.2) is 0 Å². The van der Waals surface area contributed by atoms with Gasteiger partial charge in [0.1, 0.15) is 11.9 Å². The van der Waals surface area contributed by atoms with Gasteiger partial charge < -0.3 is 19.3 Å². The number of aliphatic hydroxyl groups is 1. The Bertz CT molecular complexity index is 610. The molecule has 0 spiro atoms. The van der Waals surface area contributed by atoms with Gasteiger partial charge >= 0.3 is 0 Å². The molecule has 6 heteroatoms. The molecule has 114 valence electrons. The van der Waals surface area contributed by atoms with E-state index in [9.17, 15) is 5.11 Å². The van der Waals surface area contributed by atoms with E-state index in [1.165, 1.54) is 0 Å². The number of aromatic nitrogens is 2. The maximum atomic E-state index is 10.6. The lowest BCUT2D eigenvalue weighted by Crippen LogP contribution is -2.03. The summed E-state index contributed by atoms with van der Waals surface area (Å²) in [5, 5.41) is 14.7. The summed E-state index contributed by atoms with van der Waals surface area (Å²) in [6, 6.07) is 3.41. The van der Waals surface area contributed by atoms with Crippen molar-refractivity contribution < 1.29 is 19.3 Å². The van der Waals surface area contributed by atoms with Crippen LogP contribution in [0.3, 0.4) is 0 Å². The average molecular weight is 292 g/mol. The van der Waals surface area contributed by atoms with E-state index in [1.54, 1.807) is 50.5 Å². The van der Waals surface area contributed by atoms with Crippen LogP contribution in [-0.2, 0) is 6.54 Å². The van der Waals surface area contributed by atoms with Gasteiger partial charge in [-0.15, -0.1) is 0 Å². The molecule has 0 fully saturated rings. The second kappa shape index (κ2) is 6.49. The summed E-state index contributed by atoms with van der Waals surface area (Å²) >= 11 is 0. The Balaban J connectivity index is 2.45. The van der Waals surface area contributed by atoms with Gasteiger partial charge in [0.25, 0.3) is 0 Å². The highest BCUT2D eigenvalue weighted by Crippen LogP contribution is 2.39. The van der Waals surface area contributed by atoms with Gasteiger partial charge in [-0.3, -0.25) is 4.68 Å². The van der Waals surface area contributed by atoms with Gasteiger partial charge in [-0.05, 0) is 13.0 Å². The third-order valence-electron chi connectivity index (χ3n) is 3.32. The minimum atomic E-state index is -0.847. The molecule has 0 aliphatic rings. The fourth-order valence-corrected chi connectivity index (χ4v) is 2.14. The zero-order valence-electron chi connectivity index (χ0n) is 12.7. The van der Waals surface area contributed by atoms with E-state index in [-0.39, 0.29) is 0 Å². The van der Waals surface area contributed by atoms with E-state index >= 15 is 0 Å². The Morgan fingerprint density at radius 3 is 2.24 bits per heavy atom. The van der Waals surface area contributed by atoms with Crippen molar-refractivity contribution in [2.24, 2.45) is 0 Å². The van der Waals surface area contributed by atoms with E-state index < -0.39 is 6.10 Å². The highest BCUT2D eigenvalue weighted by Gasteiger charge is 2.20. The quantitative estimate of drug-likeness (QED) is 0.882. The van der Waals surface area contributed by atoms with Crippen LogP contribution < -0.4 is 14.2 Å². The molecule has 0 aliphatic carbocycles. The Morgan fingerprint density at radius 2 is 1.71 bits per heavy atom. The predicted octanol–water partition coefficient (Wildman–Crippen LogP) is 2.01. The van der Waals surface area contributed by atoms with Crippen molar-refractivity contribution in [2.45, 2.75) is 19.6 Å². The minimum Gasteiger partial charge on any atom is -0.496 e. The fourth-order valence-electron chi connectivity index (χ4n) is 2.14. The van der Waals surface area contributed by atoms with Gasteiger partial charge in [0.2, 0.25) is 0 Å². The second-order valence-electron chi connectivity index (χ2n) is 4.48. The van der Waals surface area contributed by atoms with Gasteiger partial charge in [0.05, 0.1) is 27.5 Å². The molecule has 0 radical (unpaired) electrons. The number of aryl methyl sites for hydroxylation is 1. The standard InChI is InChI=1S/C15H20N2O4/c1-5-17-9-10(8-16-17)15(18)11-6-13(20-3)14(21-4)7-12(11)19-2/h6-9,15,18H,5H2,1-4H3. The minimum absolute atomic E-state index is 0.532. The van der Waals surface area contributed by atoms with Crippen molar-refractivity contribution in [3.8, 4) is 17.2 Å². The van der Waals surface area contributed by atoms with Crippen LogP contribution in [0.4, 0.5) is 0 Å². The van der Waals surface area contributed by atoms with Crippen LogP contribution in [0.2, 0.25) is 0 Å². The Morgan fingerprint density at radius 1 is 1.10 bits per heavy atom. The van der Waals surface area contributed by atoms with Gasteiger partial charge in [0.15, 0.2) is 11.5 Å². The lowest BCUT2D eigenvalue weighted by atomic mass is 10.0. The first-order chi connectivity index (χ1) is 10.1. The molecule has 1 aromatic heterocycles. The summed E-state index contributed by atoms with van der Waals surface area (Å²) in [7, 11) is 4.65. The van der Waals surface area contributed by atoms with E-state index in [2.05, 4.69) is 5.10 Å². The highest BCUT2D eigenvalue weighted by molar-refractivity contribution is 5.52. The summed E-state index contributed by atoms with van der Waals surface area (Å²) in [5.74, 6) is 1.62. The first-order valence-electron chi connectivity index (χ1n) is 6.64. The van der Waals surface area contributed by atoms with Crippen LogP contribution in [-0.4, -0.2) is 36.2 Å². The monoisotopic (exact) mass is 292 g/mol. The fraction of sp³-hybridized carbons (Fsp3) is 0.400. The van der Waals surface area contributed by atoms with Gasteiger partial charge in [0, 0.05) is 29.9 Å². The summed E-state index contributed by atoms with van der Waals surface area (Å²) in [6.07, 6.45) is 2.60. The van der Waals surface area contributed by atoms with Crippen LogP contribution in [0.5, 0.6) is 17.2 Å². The summed E-state index contributed by atoms with van der Waals surface area (Å²) in [6.45, 7) is 2.73. The Labute approximate surface area is 123 Å². The number of aliphatic hydroxyl groups excluding tert-OH is 1. The molecular formula is C15H20N2O4. The molecule has 0 saturated heterocycles. The first-order valence-corrected chi connectivity index (χ1v) is 6.64. The van der Waals surface area contributed by atoms with Crippen molar-refractivity contribution in [2.75, 3.05) is 21.3 Å². The van der Waals surface area contributed by atoms with E-state index in [0.29, 0.717) is 28.4 Å². The van der Waals surface area contributed by atoms with Crippen molar-refractivity contribution in [3.05, 3.63) is 35.7 Å². The molecule has 21 heavy (non-hydrogen) atoms. The number of hydrogen-bond acceptors (Lipinski definition) is 5. The number of hydrogen-bond donors (Lipinski definition) is 1. The summed E-state index contributed by atoms with van der Waals surface area (Å²) in [4.78, 5) is 0. The molecule has 1 N–H and O–H groups in total. The molecule has 1 unspecified atom stereocenters. The number of ether oxygens (including phenoxy) is 3. The van der Waals surface area contributed by atoms with Crippen molar-refractivity contribution in [1.82, 2.24) is 9.78 Å².